The van der Waals surface area contributed by atoms with Gasteiger partial charge in [-0.25, -0.2) is 0 Å². The van der Waals surface area contributed by atoms with Gasteiger partial charge in [-0.15, -0.1) is 0 Å². The molecule has 168 valence electrons. The van der Waals surface area contributed by atoms with Crippen LogP contribution >= 0.6 is 0 Å². The third kappa shape index (κ3) is 5.02. The maximum atomic E-state index is 13.0. The minimum absolute atomic E-state index is 0.216. The molecule has 0 aromatic heterocycles. The fraction of sp³-hybridized carbons (Fsp3) is 0.308. The topological polar surface area (TPSA) is 71.1 Å². The zero-order valence-corrected chi connectivity index (χ0v) is 19.2. The monoisotopic (exact) mass is 436 g/mol. The summed E-state index contributed by atoms with van der Waals surface area (Å²) in [4.78, 5) is 25.0. The Labute approximate surface area is 188 Å². The van der Waals surface area contributed by atoms with Crippen LogP contribution in [-0.2, 0) is 4.79 Å². The summed E-state index contributed by atoms with van der Waals surface area (Å²) in [6.45, 7) is 7.36. The van der Waals surface area contributed by atoms with Crippen molar-refractivity contribution in [3.63, 3.8) is 0 Å². The average Bonchev–Trinajstić information content (AvgIpc) is 2.76. The molecule has 0 fully saturated rings. The standard InChI is InChI=1S/C26H28O6/c1-16(2)25(28)31-23-15-17(8-11-22(23)30-6)7-10-20(27)18-9-12-21(29-5)19-13-14-26(3,4)32-24(18)19/h7-16H,1-6H3/b10-7+. The third-order valence-corrected chi connectivity index (χ3v) is 4.95. The minimum atomic E-state index is -0.538. The van der Waals surface area contributed by atoms with E-state index in [-0.39, 0.29) is 17.7 Å². The molecule has 32 heavy (non-hydrogen) atoms. The van der Waals surface area contributed by atoms with Crippen molar-refractivity contribution in [2.75, 3.05) is 14.2 Å². The molecule has 0 amide bonds. The summed E-state index contributed by atoms with van der Waals surface area (Å²) in [6, 6.07) is 8.58. The largest absolute Gasteiger partial charge is 0.496 e. The van der Waals surface area contributed by atoms with Crippen molar-refractivity contribution >= 4 is 23.9 Å². The van der Waals surface area contributed by atoms with Crippen LogP contribution in [0.4, 0.5) is 0 Å². The number of carbonyl (C=O) groups excluding carboxylic acids is 2. The Morgan fingerprint density at radius 1 is 1.00 bits per heavy atom. The molecule has 1 heterocycles. The predicted molar refractivity (Wildman–Crippen MR) is 124 cm³/mol. The smallest absolute Gasteiger partial charge is 0.313 e. The van der Waals surface area contributed by atoms with E-state index in [1.54, 1.807) is 57.4 Å². The molecule has 0 saturated heterocycles. The first-order chi connectivity index (χ1) is 15.1. The van der Waals surface area contributed by atoms with Gasteiger partial charge < -0.3 is 18.9 Å². The summed E-state index contributed by atoms with van der Waals surface area (Å²) < 4.78 is 22.2. The lowest BCUT2D eigenvalue weighted by atomic mass is 9.97. The molecule has 0 aliphatic carbocycles. The molecule has 0 spiro atoms. The SMILES string of the molecule is COc1ccc(/C=C/C(=O)c2ccc(OC)c3c2OC(C)(C)C=C3)cc1OC(=O)C(C)C. The van der Waals surface area contributed by atoms with Gasteiger partial charge in [0, 0.05) is 0 Å². The molecule has 0 radical (unpaired) electrons. The quantitative estimate of drug-likeness (QED) is 0.252. The number of ether oxygens (including phenoxy) is 4. The highest BCUT2D eigenvalue weighted by Gasteiger charge is 2.27. The number of rotatable bonds is 7. The molecule has 1 aliphatic rings. The lowest BCUT2D eigenvalue weighted by Gasteiger charge is -2.29. The summed E-state index contributed by atoms with van der Waals surface area (Å²) in [5.74, 6) is 1.02. The van der Waals surface area contributed by atoms with Crippen molar-refractivity contribution in [2.24, 2.45) is 5.92 Å². The van der Waals surface area contributed by atoms with E-state index < -0.39 is 5.60 Å². The number of allylic oxidation sites excluding steroid dienone is 1. The summed E-state index contributed by atoms with van der Waals surface area (Å²) in [5.41, 5.74) is 1.32. The number of ketones is 1. The van der Waals surface area contributed by atoms with Gasteiger partial charge in [0.15, 0.2) is 17.3 Å². The first kappa shape index (κ1) is 23.1. The minimum Gasteiger partial charge on any atom is -0.496 e. The zero-order valence-electron chi connectivity index (χ0n) is 19.2. The molecule has 2 aromatic rings. The number of fused-ring (bicyclic) bond motifs is 1. The third-order valence-electron chi connectivity index (χ3n) is 4.95. The first-order valence-corrected chi connectivity index (χ1v) is 10.4. The van der Waals surface area contributed by atoms with Gasteiger partial charge in [-0.2, -0.15) is 0 Å². The van der Waals surface area contributed by atoms with Crippen LogP contribution in [0.3, 0.4) is 0 Å². The summed E-state index contributed by atoms with van der Waals surface area (Å²) in [6.07, 6.45) is 6.97. The Morgan fingerprint density at radius 3 is 2.34 bits per heavy atom. The van der Waals surface area contributed by atoms with Crippen LogP contribution < -0.4 is 18.9 Å². The number of carbonyl (C=O) groups is 2. The number of benzene rings is 2. The second-order valence-corrected chi connectivity index (χ2v) is 8.28. The summed E-state index contributed by atoms with van der Waals surface area (Å²) in [7, 11) is 3.09. The molecule has 0 saturated carbocycles. The zero-order chi connectivity index (χ0) is 23.5. The predicted octanol–water partition coefficient (Wildman–Crippen LogP) is 5.35. The van der Waals surface area contributed by atoms with Crippen molar-refractivity contribution in [1.82, 2.24) is 0 Å². The Balaban J connectivity index is 1.91. The number of methoxy groups -OCH3 is 2. The summed E-state index contributed by atoms with van der Waals surface area (Å²) in [5, 5.41) is 0. The Bertz CT molecular complexity index is 1090. The van der Waals surface area contributed by atoms with Gasteiger partial charge >= 0.3 is 5.97 Å². The fourth-order valence-electron chi connectivity index (χ4n) is 3.17. The van der Waals surface area contributed by atoms with Crippen molar-refractivity contribution in [2.45, 2.75) is 33.3 Å². The van der Waals surface area contributed by atoms with Gasteiger partial charge in [-0.1, -0.05) is 26.0 Å². The average molecular weight is 437 g/mol. The van der Waals surface area contributed by atoms with Gasteiger partial charge in [0.05, 0.1) is 31.3 Å². The van der Waals surface area contributed by atoms with Crippen LogP contribution in [0, 0.1) is 5.92 Å². The van der Waals surface area contributed by atoms with Gasteiger partial charge in [-0.3, -0.25) is 9.59 Å². The van der Waals surface area contributed by atoms with Crippen LogP contribution in [0.1, 0.15) is 49.2 Å². The number of hydrogen-bond donors (Lipinski definition) is 0. The van der Waals surface area contributed by atoms with Crippen molar-refractivity contribution in [3.8, 4) is 23.0 Å². The highest BCUT2D eigenvalue weighted by molar-refractivity contribution is 6.09. The van der Waals surface area contributed by atoms with E-state index in [2.05, 4.69) is 0 Å². The van der Waals surface area contributed by atoms with Crippen LogP contribution in [0.2, 0.25) is 0 Å². The molecular formula is C26H28O6. The van der Waals surface area contributed by atoms with Crippen LogP contribution in [-0.4, -0.2) is 31.6 Å². The van der Waals surface area contributed by atoms with Gasteiger partial charge in [-0.05, 0) is 61.9 Å². The molecule has 3 rings (SSSR count). The summed E-state index contributed by atoms with van der Waals surface area (Å²) >= 11 is 0. The van der Waals surface area contributed by atoms with E-state index in [1.165, 1.54) is 13.2 Å². The van der Waals surface area contributed by atoms with E-state index in [0.717, 1.165) is 5.56 Å². The van der Waals surface area contributed by atoms with Crippen LogP contribution in [0.25, 0.3) is 12.2 Å². The number of hydrogen-bond acceptors (Lipinski definition) is 6. The maximum Gasteiger partial charge on any atom is 0.313 e. The van der Waals surface area contributed by atoms with E-state index in [4.69, 9.17) is 18.9 Å². The van der Waals surface area contributed by atoms with E-state index in [9.17, 15) is 9.59 Å². The molecular weight excluding hydrogens is 408 g/mol. The van der Waals surface area contributed by atoms with Crippen LogP contribution in [0.5, 0.6) is 23.0 Å². The normalized spacial score (nSPS) is 14.1. The lowest BCUT2D eigenvalue weighted by molar-refractivity contribution is -0.137. The first-order valence-electron chi connectivity index (χ1n) is 10.4. The van der Waals surface area contributed by atoms with Gasteiger partial charge in [0.2, 0.25) is 0 Å². The highest BCUT2D eigenvalue weighted by atomic mass is 16.6. The molecule has 0 N–H and O–H groups in total. The molecule has 2 aromatic carbocycles. The van der Waals surface area contributed by atoms with Gasteiger partial charge in [0.25, 0.3) is 0 Å². The molecule has 0 unspecified atom stereocenters. The second-order valence-electron chi connectivity index (χ2n) is 8.28. The Morgan fingerprint density at radius 2 is 1.69 bits per heavy atom. The Hall–Kier alpha value is -3.54. The molecule has 6 nitrogen and oxygen atoms in total. The van der Waals surface area contributed by atoms with Gasteiger partial charge in [0.1, 0.15) is 17.1 Å². The van der Waals surface area contributed by atoms with Crippen molar-refractivity contribution in [3.05, 3.63) is 59.2 Å². The van der Waals surface area contributed by atoms with Crippen LogP contribution in [0.15, 0.2) is 42.5 Å². The molecule has 6 heteroatoms. The van der Waals surface area contributed by atoms with E-state index in [0.29, 0.717) is 34.1 Å². The maximum absolute atomic E-state index is 13.0. The second kappa shape index (κ2) is 9.30. The van der Waals surface area contributed by atoms with E-state index in [1.807, 2.05) is 26.0 Å². The Kier molecular flexibility index (Phi) is 6.72. The van der Waals surface area contributed by atoms with Crippen molar-refractivity contribution < 1.29 is 28.5 Å². The molecule has 0 bridgehead atoms. The van der Waals surface area contributed by atoms with E-state index >= 15 is 0 Å². The van der Waals surface area contributed by atoms with Crippen molar-refractivity contribution in [1.29, 1.82) is 0 Å². The number of esters is 1. The highest BCUT2D eigenvalue weighted by Crippen LogP contribution is 2.40. The fourth-order valence-corrected chi connectivity index (χ4v) is 3.17. The molecule has 1 aliphatic heterocycles. The molecule has 0 atom stereocenters. The lowest BCUT2D eigenvalue weighted by Crippen LogP contribution is -2.28.